The number of carboxylic acid groups (broad SMARTS) is 1. The number of hydrogen-bond acceptors (Lipinski definition) is 5. The lowest BCUT2D eigenvalue weighted by molar-refractivity contribution is -0.148. The average molecular weight is 348 g/mol. The van der Waals surface area contributed by atoms with Gasteiger partial charge in [0.15, 0.2) is 5.13 Å². The first kappa shape index (κ1) is 14.8. The molecule has 0 aliphatic heterocycles. The van der Waals surface area contributed by atoms with Crippen molar-refractivity contribution in [1.82, 2.24) is 4.98 Å². The van der Waals surface area contributed by atoms with Gasteiger partial charge in [-0.15, -0.1) is 22.7 Å². The fraction of sp³-hybridized carbons (Fsp3) is 0.438. The second-order valence-electron chi connectivity index (χ2n) is 6.23. The molecule has 0 unspecified atom stereocenters. The summed E-state index contributed by atoms with van der Waals surface area (Å²) in [5, 5.41) is 16.7. The third-order valence-corrected chi connectivity index (χ3v) is 6.66. The van der Waals surface area contributed by atoms with E-state index in [-0.39, 0.29) is 17.7 Å². The van der Waals surface area contributed by atoms with E-state index in [4.69, 9.17) is 0 Å². The lowest BCUT2D eigenvalue weighted by atomic mass is 9.79. The van der Waals surface area contributed by atoms with Gasteiger partial charge in [-0.2, -0.15) is 0 Å². The fourth-order valence-electron chi connectivity index (χ4n) is 4.08. The number of thiophene rings is 1. The molecule has 2 fully saturated rings. The van der Waals surface area contributed by atoms with Crippen LogP contribution < -0.4 is 5.32 Å². The maximum atomic E-state index is 12.6. The molecule has 2 aliphatic rings. The predicted octanol–water partition coefficient (Wildman–Crippen LogP) is 3.56. The van der Waals surface area contributed by atoms with Crippen LogP contribution >= 0.6 is 22.7 Å². The molecule has 0 radical (unpaired) electrons. The number of rotatable bonds is 4. The molecule has 2 aliphatic carbocycles. The summed E-state index contributed by atoms with van der Waals surface area (Å²) in [5.74, 6) is -1.61. The smallest absolute Gasteiger partial charge is 0.307 e. The molecular formula is C16H16N2O3S2. The lowest BCUT2D eigenvalue weighted by Crippen LogP contribution is -2.37. The summed E-state index contributed by atoms with van der Waals surface area (Å²) in [5.41, 5.74) is 0.850. The van der Waals surface area contributed by atoms with Crippen LogP contribution in [0, 0.1) is 23.7 Å². The first-order chi connectivity index (χ1) is 11.1. The molecule has 2 aromatic rings. The second kappa shape index (κ2) is 5.72. The van der Waals surface area contributed by atoms with Gasteiger partial charge in [-0.25, -0.2) is 4.98 Å². The second-order valence-corrected chi connectivity index (χ2v) is 8.03. The van der Waals surface area contributed by atoms with Gasteiger partial charge in [0.25, 0.3) is 0 Å². The van der Waals surface area contributed by atoms with Crippen LogP contribution in [0.4, 0.5) is 5.13 Å². The number of carbonyl (C=O) groups excluding carboxylic acids is 1. The van der Waals surface area contributed by atoms with Crippen molar-refractivity contribution in [3.63, 3.8) is 0 Å². The summed E-state index contributed by atoms with van der Waals surface area (Å²) >= 11 is 2.98. The van der Waals surface area contributed by atoms with Gasteiger partial charge in [0, 0.05) is 5.38 Å². The van der Waals surface area contributed by atoms with Crippen molar-refractivity contribution in [2.24, 2.45) is 23.7 Å². The first-order valence-corrected chi connectivity index (χ1v) is 9.42. The highest BCUT2D eigenvalue weighted by Gasteiger charge is 2.54. The zero-order valence-corrected chi connectivity index (χ0v) is 13.9. The van der Waals surface area contributed by atoms with Gasteiger partial charge in [-0.05, 0) is 42.5 Å². The number of anilines is 1. The van der Waals surface area contributed by atoms with E-state index in [1.807, 2.05) is 22.9 Å². The van der Waals surface area contributed by atoms with Gasteiger partial charge in [0.05, 0.1) is 22.4 Å². The summed E-state index contributed by atoms with van der Waals surface area (Å²) in [6.45, 7) is 0. The minimum atomic E-state index is -0.837. The van der Waals surface area contributed by atoms with Crippen LogP contribution in [0.15, 0.2) is 22.9 Å². The maximum Gasteiger partial charge on any atom is 0.307 e. The number of aliphatic carboxylic acids is 1. The molecule has 1 amide bonds. The molecule has 2 saturated carbocycles. The number of nitrogens with one attached hydrogen (secondary N) is 1. The van der Waals surface area contributed by atoms with Gasteiger partial charge in [-0.1, -0.05) is 6.07 Å². The Kier molecular flexibility index (Phi) is 3.69. The zero-order chi connectivity index (χ0) is 16.0. The summed E-state index contributed by atoms with van der Waals surface area (Å²) in [6.07, 6.45) is 2.77. The first-order valence-electron chi connectivity index (χ1n) is 7.66. The predicted molar refractivity (Wildman–Crippen MR) is 89.5 cm³/mol. The van der Waals surface area contributed by atoms with E-state index in [9.17, 15) is 14.7 Å². The molecular weight excluding hydrogens is 332 g/mol. The quantitative estimate of drug-likeness (QED) is 0.885. The molecule has 0 spiro atoms. The van der Waals surface area contributed by atoms with Crippen LogP contribution in [0.1, 0.15) is 19.3 Å². The number of hydrogen-bond donors (Lipinski definition) is 2. The third-order valence-electron chi connectivity index (χ3n) is 5.01. The third kappa shape index (κ3) is 2.57. The summed E-state index contributed by atoms with van der Waals surface area (Å²) in [7, 11) is 0. The highest BCUT2D eigenvalue weighted by Crippen LogP contribution is 2.52. The zero-order valence-electron chi connectivity index (χ0n) is 12.3. The Hall–Kier alpha value is -1.73. The molecule has 2 heterocycles. The van der Waals surface area contributed by atoms with Crippen molar-refractivity contribution < 1.29 is 14.7 Å². The largest absolute Gasteiger partial charge is 0.481 e. The normalized spacial score (nSPS) is 28.9. The molecule has 4 atom stereocenters. The Balaban J connectivity index is 1.51. The molecule has 120 valence electrons. The van der Waals surface area contributed by atoms with E-state index >= 15 is 0 Å². The summed E-state index contributed by atoms with van der Waals surface area (Å²) in [6, 6.07) is 3.95. The molecule has 2 aromatic heterocycles. The Morgan fingerprint density at radius 1 is 1.22 bits per heavy atom. The van der Waals surface area contributed by atoms with Crippen molar-refractivity contribution in [3.05, 3.63) is 22.9 Å². The van der Waals surface area contributed by atoms with Crippen LogP contribution in [0.2, 0.25) is 0 Å². The van der Waals surface area contributed by atoms with Gasteiger partial charge in [0.1, 0.15) is 0 Å². The Morgan fingerprint density at radius 2 is 2.00 bits per heavy atom. The molecule has 2 N–H and O–H groups in total. The van der Waals surface area contributed by atoms with Gasteiger partial charge < -0.3 is 10.4 Å². The van der Waals surface area contributed by atoms with E-state index < -0.39 is 17.8 Å². The summed E-state index contributed by atoms with van der Waals surface area (Å²) in [4.78, 5) is 29.6. The number of fused-ring (bicyclic) bond motifs is 2. The number of carboxylic acids is 1. The van der Waals surface area contributed by atoms with E-state index in [1.165, 1.54) is 11.3 Å². The fourth-order valence-corrected chi connectivity index (χ4v) is 5.56. The molecule has 7 heteroatoms. The Bertz CT molecular complexity index is 740. The molecule has 4 rings (SSSR count). The maximum absolute atomic E-state index is 12.6. The molecule has 0 aromatic carbocycles. The SMILES string of the molecule is O=C(O)[C@@H]1[C@H]2CC[C@@H](C2)[C@@H]1C(=O)Nc1nc(-c2cccs2)cs1. The van der Waals surface area contributed by atoms with E-state index in [0.717, 1.165) is 29.8 Å². The van der Waals surface area contributed by atoms with Crippen LogP contribution in [-0.4, -0.2) is 22.0 Å². The van der Waals surface area contributed by atoms with Crippen molar-refractivity contribution in [2.75, 3.05) is 5.32 Å². The van der Waals surface area contributed by atoms with E-state index in [1.54, 1.807) is 11.3 Å². The van der Waals surface area contributed by atoms with Crippen LogP contribution in [0.5, 0.6) is 0 Å². The molecule has 5 nitrogen and oxygen atoms in total. The van der Waals surface area contributed by atoms with Crippen LogP contribution in [-0.2, 0) is 9.59 Å². The monoisotopic (exact) mass is 348 g/mol. The van der Waals surface area contributed by atoms with Crippen molar-refractivity contribution in [1.29, 1.82) is 0 Å². The molecule has 0 saturated heterocycles. The standard InChI is InChI=1S/C16H16N2O3S2/c19-14(12-8-3-4-9(6-8)13(12)15(20)21)18-16-17-10(7-23-16)11-2-1-5-22-11/h1-2,5,7-9,12-13H,3-4,6H2,(H,20,21)(H,17,18,19)/t8-,9-,12-,13+/m0/s1. The number of nitrogens with zero attached hydrogens (tertiary/aromatic N) is 1. The molecule has 2 bridgehead atoms. The minimum absolute atomic E-state index is 0.159. The topological polar surface area (TPSA) is 79.3 Å². The minimum Gasteiger partial charge on any atom is -0.481 e. The van der Waals surface area contributed by atoms with E-state index in [2.05, 4.69) is 10.3 Å². The van der Waals surface area contributed by atoms with Crippen molar-refractivity contribution in [3.8, 4) is 10.6 Å². The molecule has 23 heavy (non-hydrogen) atoms. The van der Waals surface area contributed by atoms with Gasteiger partial charge in [-0.3, -0.25) is 9.59 Å². The van der Waals surface area contributed by atoms with Crippen LogP contribution in [0.3, 0.4) is 0 Å². The number of thiazole rings is 1. The Morgan fingerprint density at radius 3 is 2.70 bits per heavy atom. The Labute approximate surface area is 141 Å². The highest BCUT2D eigenvalue weighted by atomic mass is 32.1. The van der Waals surface area contributed by atoms with Crippen molar-refractivity contribution >= 4 is 39.7 Å². The van der Waals surface area contributed by atoms with Gasteiger partial charge >= 0.3 is 5.97 Å². The van der Waals surface area contributed by atoms with Crippen LogP contribution in [0.25, 0.3) is 10.6 Å². The summed E-state index contributed by atoms with van der Waals surface area (Å²) < 4.78 is 0. The van der Waals surface area contributed by atoms with Crippen molar-refractivity contribution in [2.45, 2.75) is 19.3 Å². The highest BCUT2D eigenvalue weighted by molar-refractivity contribution is 7.16. The van der Waals surface area contributed by atoms with E-state index in [0.29, 0.717) is 5.13 Å². The number of aromatic nitrogens is 1. The average Bonchev–Trinajstić information content (AvgIpc) is 3.28. The van der Waals surface area contributed by atoms with Gasteiger partial charge in [0.2, 0.25) is 5.91 Å². The number of carbonyl (C=O) groups is 2. The number of amides is 1. The lowest BCUT2D eigenvalue weighted by Gasteiger charge is -2.26.